The van der Waals surface area contributed by atoms with Crippen molar-refractivity contribution in [3.8, 4) is 17.2 Å². The van der Waals surface area contributed by atoms with Gasteiger partial charge >= 0.3 is 5.97 Å². The smallest absolute Gasteiger partial charge is 0.314 e. The molecule has 0 aliphatic carbocycles. The summed E-state index contributed by atoms with van der Waals surface area (Å²) in [5.41, 5.74) is 9.30. The zero-order valence-electron chi connectivity index (χ0n) is 41.2. The summed E-state index contributed by atoms with van der Waals surface area (Å²) in [6.45, 7) is 9.00. The standard InChI is InChI=1S/C36H42O8.C14H14.C11H10/c1-7-22(2)36(39)44-32-13-9-10-29-30(32)11-8-12-31(29)33(23-14-25(18-40-3)34(37)26(15-23)19-41-4)24-16-27(20-42-5)35(38)28(17-24)21-43-6;1-12(13-8-4-2-5-9-13)14-10-6-3-7-11-14;1-9-5-4-7-10-6-2-3-8-11(9)10/h8-17,22,33,37-38H,7,18-21H2,1-6H3;2-12H,1H3;2-8H,1H3. The summed E-state index contributed by atoms with van der Waals surface area (Å²) in [4.78, 5) is 12.8. The van der Waals surface area contributed by atoms with Crippen molar-refractivity contribution in [3.05, 3.63) is 219 Å². The van der Waals surface area contributed by atoms with Crippen LogP contribution in [0.2, 0.25) is 0 Å². The number of hydrogen-bond acceptors (Lipinski definition) is 8. The fourth-order valence-corrected chi connectivity index (χ4v) is 8.61. The third kappa shape index (κ3) is 13.0. The van der Waals surface area contributed by atoms with Gasteiger partial charge < -0.3 is 33.9 Å². The number of ether oxygens (including phenoxy) is 5. The van der Waals surface area contributed by atoms with Gasteiger partial charge in [0.2, 0.25) is 0 Å². The minimum Gasteiger partial charge on any atom is -0.507 e. The van der Waals surface area contributed by atoms with E-state index in [9.17, 15) is 15.0 Å². The van der Waals surface area contributed by atoms with Crippen LogP contribution >= 0.6 is 0 Å². The highest BCUT2D eigenvalue weighted by molar-refractivity contribution is 5.94. The number of methoxy groups -OCH3 is 4. The Bertz CT molecular complexity index is 2730. The Balaban J connectivity index is 0.000000249. The molecular formula is C61H66O8. The SMILES string of the molecule is CC(c1ccccc1)c1ccccc1.CCC(C)C(=O)Oc1cccc2c(C(c3cc(COC)c(O)c(COC)c3)c3cc(COC)c(O)c(COC)c3)cccc12.Cc1cccc2ccccc12. The summed E-state index contributed by atoms with van der Waals surface area (Å²) in [7, 11) is 6.34. The van der Waals surface area contributed by atoms with Crippen molar-refractivity contribution in [1.82, 2.24) is 0 Å². The molecule has 0 aliphatic rings. The molecule has 1 atom stereocenters. The van der Waals surface area contributed by atoms with Crippen LogP contribution in [0.1, 0.15) is 94.7 Å². The molecule has 0 aliphatic heterocycles. The molecule has 0 saturated heterocycles. The first kappa shape index (κ1) is 51.6. The average Bonchev–Trinajstić information content (AvgIpc) is 3.37. The van der Waals surface area contributed by atoms with Gasteiger partial charge in [0.05, 0.1) is 32.3 Å². The monoisotopic (exact) mass is 926 g/mol. The van der Waals surface area contributed by atoms with E-state index in [4.69, 9.17) is 23.7 Å². The van der Waals surface area contributed by atoms with E-state index >= 15 is 0 Å². The van der Waals surface area contributed by atoms with Gasteiger partial charge in [0.1, 0.15) is 17.2 Å². The largest absolute Gasteiger partial charge is 0.507 e. The number of benzene rings is 8. The third-order valence-corrected chi connectivity index (χ3v) is 12.5. The summed E-state index contributed by atoms with van der Waals surface area (Å²) in [6.07, 6.45) is 0.680. The van der Waals surface area contributed by atoms with Crippen LogP contribution in [0.15, 0.2) is 164 Å². The van der Waals surface area contributed by atoms with Crippen LogP contribution < -0.4 is 4.74 Å². The van der Waals surface area contributed by atoms with Crippen LogP contribution in [-0.4, -0.2) is 44.6 Å². The molecule has 69 heavy (non-hydrogen) atoms. The van der Waals surface area contributed by atoms with Gasteiger partial charge in [0, 0.05) is 67.9 Å². The number of carbonyl (C=O) groups is 1. The highest BCUT2D eigenvalue weighted by Crippen LogP contribution is 2.43. The summed E-state index contributed by atoms with van der Waals surface area (Å²) in [5.74, 6) is 0.339. The topological polar surface area (TPSA) is 104 Å². The van der Waals surface area contributed by atoms with Gasteiger partial charge in [0.15, 0.2) is 0 Å². The molecule has 8 aromatic carbocycles. The number of esters is 1. The van der Waals surface area contributed by atoms with Crippen molar-refractivity contribution < 1.29 is 38.7 Å². The molecule has 358 valence electrons. The molecule has 0 aromatic heterocycles. The molecule has 0 bridgehead atoms. The maximum Gasteiger partial charge on any atom is 0.314 e. The van der Waals surface area contributed by atoms with E-state index in [1.165, 1.54) is 27.5 Å². The van der Waals surface area contributed by atoms with E-state index in [1.54, 1.807) is 28.4 Å². The third-order valence-electron chi connectivity index (χ3n) is 12.5. The van der Waals surface area contributed by atoms with Crippen LogP contribution in [0.3, 0.4) is 0 Å². The molecule has 0 spiro atoms. The molecule has 0 amide bonds. The van der Waals surface area contributed by atoms with Gasteiger partial charge in [-0.25, -0.2) is 0 Å². The van der Waals surface area contributed by atoms with E-state index in [2.05, 4.69) is 117 Å². The highest BCUT2D eigenvalue weighted by atomic mass is 16.5. The van der Waals surface area contributed by atoms with Gasteiger partial charge in [-0.2, -0.15) is 0 Å². The Kier molecular flexibility index (Phi) is 19.1. The van der Waals surface area contributed by atoms with Gasteiger partial charge in [-0.3, -0.25) is 4.79 Å². The fraction of sp³-hybridized carbons (Fsp3) is 0.262. The van der Waals surface area contributed by atoms with Crippen LogP contribution in [0, 0.1) is 12.8 Å². The molecule has 0 heterocycles. The van der Waals surface area contributed by atoms with Gasteiger partial charge in [0.25, 0.3) is 0 Å². The molecule has 1 unspecified atom stereocenters. The lowest BCUT2D eigenvalue weighted by atomic mass is 9.80. The first-order chi connectivity index (χ1) is 33.5. The molecular weight excluding hydrogens is 861 g/mol. The highest BCUT2D eigenvalue weighted by Gasteiger charge is 2.26. The average molecular weight is 927 g/mol. The number of phenolic OH excluding ortho intramolecular Hbond substituents is 2. The van der Waals surface area contributed by atoms with Crippen LogP contribution in [0.5, 0.6) is 17.2 Å². The van der Waals surface area contributed by atoms with E-state index in [-0.39, 0.29) is 55.7 Å². The second-order valence-electron chi connectivity index (χ2n) is 17.3. The number of hydrogen-bond donors (Lipinski definition) is 2. The molecule has 8 heteroatoms. The molecule has 8 nitrogen and oxygen atoms in total. The fourth-order valence-electron chi connectivity index (χ4n) is 8.61. The molecule has 0 saturated carbocycles. The van der Waals surface area contributed by atoms with Gasteiger partial charge in [-0.1, -0.05) is 154 Å². The van der Waals surface area contributed by atoms with Crippen molar-refractivity contribution in [2.24, 2.45) is 5.92 Å². The minimum atomic E-state index is -0.377. The normalized spacial score (nSPS) is 11.5. The van der Waals surface area contributed by atoms with Crippen molar-refractivity contribution in [2.75, 3.05) is 28.4 Å². The lowest BCUT2D eigenvalue weighted by molar-refractivity contribution is -0.138. The van der Waals surface area contributed by atoms with E-state index in [0.717, 1.165) is 27.5 Å². The maximum atomic E-state index is 12.8. The second-order valence-corrected chi connectivity index (χ2v) is 17.3. The number of phenols is 2. The summed E-state index contributed by atoms with van der Waals surface area (Å²) >= 11 is 0. The van der Waals surface area contributed by atoms with E-state index in [1.807, 2.05) is 74.5 Å². The van der Waals surface area contributed by atoms with Crippen molar-refractivity contribution in [3.63, 3.8) is 0 Å². The predicted octanol–water partition coefficient (Wildman–Crippen LogP) is 14.0. The zero-order chi connectivity index (χ0) is 49.3. The molecule has 8 rings (SSSR count). The number of fused-ring (bicyclic) bond motifs is 2. The Morgan fingerprint density at radius 2 is 0.913 bits per heavy atom. The molecule has 2 N–H and O–H groups in total. The van der Waals surface area contributed by atoms with Gasteiger partial charge in [-0.05, 0) is 93.2 Å². The van der Waals surface area contributed by atoms with E-state index < -0.39 is 0 Å². The number of aromatic hydroxyl groups is 2. The first-order valence-electron chi connectivity index (χ1n) is 23.5. The number of carbonyl (C=O) groups excluding carboxylic acids is 1. The second kappa shape index (κ2) is 25.5. The number of aryl methyl sites for hydroxylation is 1. The van der Waals surface area contributed by atoms with E-state index in [0.29, 0.717) is 40.3 Å². The first-order valence-corrected chi connectivity index (χ1v) is 23.5. The van der Waals surface area contributed by atoms with Crippen molar-refractivity contribution in [2.45, 2.75) is 72.4 Å². The summed E-state index contributed by atoms with van der Waals surface area (Å²) in [5, 5.41) is 26.5. The molecule has 0 fully saturated rings. The van der Waals surface area contributed by atoms with Crippen LogP contribution in [0.4, 0.5) is 0 Å². The maximum absolute atomic E-state index is 12.8. The predicted molar refractivity (Wildman–Crippen MR) is 278 cm³/mol. The van der Waals surface area contributed by atoms with Crippen molar-refractivity contribution in [1.29, 1.82) is 0 Å². The Labute approximate surface area is 408 Å². The lowest BCUT2D eigenvalue weighted by Gasteiger charge is -2.25. The van der Waals surface area contributed by atoms with Crippen molar-refractivity contribution >= 4 is 27.5 Å². The Hall–Kier alpha value is -6.81. The quantitative estimate of drug-likeness (QED) is 0.0561. The zero-order valence-corrected chi connectivity index (χ0v) is 41.2. The summed E-state index contributed by atoms with van der Waals surface area (Å²) < 4.78 is 27.7. The molecule has 0 radical (unpaired) electrons. The minimum absolute atomic E-state index is 0.124. The molecule has 8 aromatic rings. The summed E-state index contributed by atoms with van der Waals surface area (Å²) in [6, 6.07) is 55.4. The number of rotatable bonds is 16. The lowest BCUT2D eigenvalue weighted by Crippen LogP contribution is -2.17. The Morgan fingerprint density at radius 1 is 0.493 bits per heavy atom. The van der Waals surface area contributed by atoms with Crippen LogP contribution in [-0.2, 0) is 50.2 Å². The van der Waals surface area contributed by atoms with Gasteiger partial charge in [-0.15, -0.1) is 0 Å². The Morgan fingerprint density at radius 3 is 1.39 bits per heavy atom. The van der Waals surface area contributed by atoms with Crippen LogP contribution in [0.25, 0.3) is 21.5 Å².